The van der Waals surface area contributed by atoms with Gasteiger partial charge in [0, 0.05) is 60.8 Å². The molecule has 0 atom stereocenters. The molecule has 4 heterocycles. The van der Waals surface area contributed by atoms with Gasteiger partial charge in [-0.3, -0.25) is 0 Å². The van der Waals surface area contributed by atoms with Gasteiger partial charge in [-0.1, -0.05) is 213 Å². The Labute approximate surface area is 517 Å². The van der Waals surface area contributed by atoms with Gasteiger partial charge >= 0.3 is 0 Å². The molecule has 4 nitrogen and oxygen atoms in total. The van der Waals surface area contributed by atoms with E-state index >= 15 is 0 Å². The quantitative estimate of drug-likeness (QED) is 0.122. The van der Waals surface area contributed by atoms with Crippen molar-refractivity contribution in [3.05, 3.63) is 326 Å². The standard InChI is InChI=1S/C85H60N4/c1-4-5-32-74-56(3)65-23-11-17-34-75(65)86(74)60-46-40-57(41-47-60)82-72-30-9-10-31-73(72)85(64-53-52-63(54-55(64)2)89-80-38-21-15-28-70(80)71-29-16-22-39-81(71)89)84(59-44-50-62(51-45-59)88-78-36-19-13-26-68(78)69-27-14-20-37-79(69)88)83(82)58-42-48-61(49-43-58)87-76-33-8-6-7-24-66(76)67-25-12-18-35-77(67)87/h4-23,25-54H,1,24H2,2-3H3/b32-5-. The summed E-state index contributed by atoms with van der Waals surface area (Å²) in [7, 11) is 0. The van der Waals surface area contributed by atoms with Crippen molar-refractivity contribution in [1.29, 1.82) is 0 Å². The van der Waals surface area contributed by atoms with Crippen LogP contribution >= 0.6 is 0 Å². The van der Waals surface area contributed by atoms with Crippen LogP contribution in [-0.4, -0.2) is 18.3 Å². The summed E-state index contributed by atoms with van der Waals surface area (Å²) in [4.78, 5) is 0. The highest BCUT2D eigenvalue weighted by atomic mass is 15.0. The molecular weight excluding hydrogens is 1080 g/mol. The highest BCUT2D eigenvalue weighted by Gasteiger charge is 2.27. The van der Waals surface area contributed by atoms with E-state index < -0.39 is 0 Å². The van der Waals surface area contributed by atoms with Gasteiger partial charge in [-0.2, -0.15) is 0 Å². The lowest BCUT2D eigenvalue weighted by Gasteiger charge is -2.26. The molecule has 0 bridgehead atoms. The fraction of sp³-hybridized carbons (Fsp3) is 0.0353. The van der Waals surface area contributed by atoms with E-state index in [0.717, 1.165) is 51.6 Å². The van der Waals surface area contributed by atoms with Gasteiger partial charge in [0.2, 0.25) is 0 Å². The summed E-state index contributed by atoms with van der Waals surface area (Å²) in [6, 6.07) is 97.2. The van der Waals surface area contributed by atoms with Gasteiger partial charge in [-0.25, -0.2) is 0 Å². The lowest BCUT2D eigenvalue weighted by atomic mass is 9.78. The number of hydrogen-bond donors (Lipinski definition) is 0. The number of aromatic nitrogens is 4. The zero-order chi connectivity index (χ0) is 59.3. The molecule has 0 fully saturated rings. The van der Waals surface area contributed by atoms with Crippen LogP contribution in [0.4, 0.5) is 0 Å². The summed E-state index contributed by atoms with van der Waals surface area (Å²) in [6.07, 6.45) is 15.8. The fourth-order valence-corrected chi connectivity index (χ4v) is 14.9. The first-order chi connectivity index (χ1) is 44.0. The van der Waals surface area contributed by atoms with E-state index in [9.17, 15) is 0 Å². The van der Waals surface area contributed by atoms with Crippen LogP contribution in [0, 0.1) is 13.8 Å². The lowest BCUT2D eigenvalue weighted by Crippen LogP contribution is -2.01. The maximum absolute atomic E-state index is 4.04. The van der Waals surface area contributed by atoms with E-state index in [1.54, 1.807) is 0 Å². The summed E-state index contributed by atoms with van der Waals surface area (Å²) in [5, 5.41) is 9.86. The van der Waals surface area contributed by atoms with Crippen molar-refractivity contribution < 1.29 is 0 Å². The molecule has 1 aliphatic rings. The molecule has 0 saturated heterocycles. The molecule has 0 saturated carbocycles. The lowest BCUT2D eigenvalue weighted by molar-refractivity contribution is 1.09. The van der Waals surface area contributed by atoms with Crippen molar-refractivity contribution >= 4 is 88.3 Å². The highest BCUT2D eigenvalue weighted by molar-refractivity contribution is 6.19. The molecule has 0 amide bonds. The zero-order valence-electron chi connectivity index (χ0n) is 49.6. The molecule has 0 unspecified atom stereocenters. The number of benzene rings is 12. The van der Waals surface area contributed by atoms with Crippen molar-refractivity contribution in [2.24, 2.45) is 0 Å². The Morgan fingerprint density at radius 1 is 0.348 bits per heavy atom. The summed E-state index contributed by atoms with van der Waals surface area (Å²) in [5.41, 5.74) is 27.0. The maximum Gasteiger partial charge on any atom is 0.0541 e. The van der Waals surface area contributed by atoms with E-state index in [4.69, 9.17) is 0 Å². The molecule has 17 rings (SSSR count). The normalized spacial score (nSPS) is 12.5. The van der Waals surface area contributed by atoms with Gasteiger partial charge in [0.15, 0.2) is 0 Å². The maximum atomic E-state index is 4.04. The number of allylic oxidation sites excluding steroid dienone is 5. The third kappa shape index (κ3) is 8.14. The SMILES string of the molecule is C=C/C=C\c1c(C)c2ccccc2n1-c1ccc(-c2c(-c3ccc(-n4c5c(c6ccccc64)CC=CC=C5)cc3)c(-c3ccc(-n4c5ccccc5c5ccccc54)cc3)c(-c3ccc(-n4c5ccccc5c5ccccc54)cc3C)c3ccccc23)cc1. The second-order valence-electron chi connectivity index (χ2n) is 23.6. The third-order valence-electron chi connectivity index (χ3n) is 18.8. The summed E-state index contributed by atoms with van der Waals surface area (Å²) in [6.45, 7) is 8.57. The smallest absolute Gasteiger partial charge is 0.0541 e. The van der Waals surface area contributed by atoms with Crippen molar-refractivity contribution in [2.75, 3.05) is 0 Å². The van der Waals surface area contributed by atoms with Crippen molar-refractivity contribution in [1.82, 2.24) is 18.3 Å². The van der Waals surface area contributed by atoms with E-state index in [1.807, 2.05) is 12.2 Å². The number of nitrogens with zero attached hydrogens (tertiary/aromatic N) is 4. The topological polar surface area (TPSA) is 19.7 Å². The van der Waals surface area contributed by atoms with Gasteiger partial charge in [0.25, 0.3) is 0 Å². The average molecular weight is 1140 g/mol. The fourth-order valence-electron chi connectivity index (χ4n) is 14.9. The van der Waals surface area contributed by atoms with Crippen LogP contribution in [-0.2, 0) is 6.42 Å². The largest absolute Gasteiger partial charge is 0.310 e. The first kappa shape index (κ1) is 51.9. The molecule has 12 aromatic carbocycles. The van der Waals surface area contributed by atoms with Crippen molar-refractivity contribution in [3.63, 3.8) is 0 Å². The first-order valence-electron chi connectivity index (χ1n) is 30.8. The van der Waals surface area contributed by atoms with Gasteiger partial charge in [-0.05, 0) is 189 Å². The molecule has 0 radical (unpaired) electrons. The average Bonchev–Trinajstić information content (AvgIpc) is 1.67. The van der Waals surface area contributed by atoms with E-state index in [-0.39, 0.29) is 0 Å². The van der Waals surface area contributed by atoms with Gasteiger partial charge in [-0.15, -0.1) is 0 Å². The predicted molar refractivity (Wildman–Crippen MR) is 379 cm³/mol. The monoisotopic (exact) mass is 1140 g/mol. The molecular formula is C85H60N4. The number of para-hydroxylation sites is 6. The van der Waals surface area contributed by atoms with Gasteiger partial charge in [0.1, 0.15) is 0 Å². The molecule has 16 aromatic rings. The van der Waals surface area contributed by atoms with Crippen LogP contribution in [0.1, 0.15) is 28.1 Å². The summed E-state index contributed by atoms with van der Waals surface area (Å²) < 4.78 is 9.70. The molecule has 0 N–H and O–H groups in total. The third-order valence-corrected chi connectivity index (χ3v) is 18.8. The van der Waals surface area contributed by atoms with E-state index in [1.165, 1.54) is 126 Å². The second-order valence-corrected chi connectivity index (χ2v) is 23.6. The molecule has 89 heavy (non-hydrogen) atoms. The second kappa shape index (κ2) is 20.9. The minimum atomic E-state index is 0.876. The molecule has 1 aliphatic carbocycles. The van der Waals surface area contributed by atoms with Crippen LogP contribution in [0.3, 0.4) is 0 Å². The molecule has 0 aliphatic heterocycles. The van der Waals surface area contributed by atoms with Gasteiger partial charge in [0.05, 0.1) is 38.8 Å². The van der Waals surface area contributed by atoms with E-state index in [2.05, 4.69) is 330 Å². The highest BCUT2D eigenvalue weighted by Crippen LogP contribution is 2.52. The number of aryl methyl sites for hydroxylation is 2. The first-order valence-corrected chi connectivity index (χ1v) is 30.8. The number of fused-ring (bicyclic) bond motifs is 11. The minimum absolute atomic E-state index is 0.876. The Morgan fingerprint density at radius 3 is 1.26 bits per heavy atom. The van der Waals surface area contributed by atoms with Crippen LogP contribution < -0.4 is 0 Å². The van der Waals surface area contributed by atoms with Crippen LogP contribution in [0.25, 0.3) is 156 Å². The Kier molecular flexibility index (Phi) is 12.2. The summed E-state index contributed by atoms with van der Waals surface area (Å²) in [5.74, 6) is 0. The Morgan fingerprint density at radius 2 is 0.742 bits per heavy atom. The Bertz CT molecular complexity index is 5540. The minimum Gasteiger partial charge on any atom is -0.310 e. The zero-order valence-corrected chi connectivity index (χ0v) is 49.6. The summed E-state index contributed by atoms with van der Waals surface area (Å²) >= 11 is 0. The molecule has 4 heteroatoms. The molecule has 420 valence electrons. The molecule has 4 aromatic heterocycles. The van der Waals surface area contributed by atoms with Crippen LogP contribution in [0.5, 0.6) is 0 Å². The molecule has 0 spiro atoms. The van der Waals surface area contributed by atoms with Gasteiger partial charge < -0.3 is 18.3 Å². The van der Waals surface area contributed by atoms with Crippen molar-refractivity contribution in [3.8, 4) is 67.3 Å². The Hall–Kier alpha value is -11.5. The number of rotatable bonds is 10. The predicted octanol–water partition coefficient (Wildman–Crippen LogP) is 22.5. The van der Waals surface area contributed by atoms with Crippen molar-refractivity contribution in [2.45, 2.75) is 20.3 Å². The Balaban J connectivity index is 0.948. The number of hydrogen-bond acceptors (Lipinski definition) is 0. The van der Waals surface area contributed by atoms with Crippen LogP contribution in [0.2, 0.25) is 0 Å². The van der Waals surface area contributed by atoms with Crippen LogP contribution in [0.15, 0.2) is 298 Å². The van der Waals surface area contributed by atoms with E-state index in [0.29, 0.717) is 0 Å².